The van der Waals surface area contributed by atoms with Gasteiger partial charge < -0.3 is 10.2 Å². The largest absolute Gasteiger partial charge is 0.357 e. The molecule has 5 fully saturated rings. The molecule has 134 valence electrons. The smallest absolute Gasteiger partial charge is 0.251 e. The average molecular weight is 339 g/mol. The third-order valence-electron chi connectivity index (χ3n) is 7.10. The fourth-order valence-electron chi connectivity index (χ4n) is 6.43. The second-order valence-corrected chi connectivity index (χ2v) is 9.10. The highest BCUT2D eigenvalue weighted by Crippen LogP contribution is 2.55. The molecule has 1 aromatic heterocycles. The minimum Gasteiger partial charge on any atom is -0.357 e. The Bertz CT molecular complexity index is 630. The lowest BCUT2D eigenvalue weighted by atomic mass is 9.53. The van der Waals surface area contributed by atoms with Gasteiger partial charge >= 0.3 is 0 Å². The summed E-state index contributed by atoms with van der Waals surface area (Å²) in [5, 5.41) is 3.49. The molecule has 2 heterocycles. The lowest BCUT2D eigenvalue weighted by Crippen LogP contribution is -2.59. The molecule has 5 aliphatic rings. The van der Waals surface area contributed by atoms with Gasteiger partial charge in [-0.05, 0) is 87.7 Å². The third-order valence-corrected chi connectivity index (χ3v) is 7.10. The molecule has 0 spiro atoms. The van der Waals surface area contributed by atoms with Crippen LogP contribution in [0.1, 0.15) is 68.1 Å². The molecular formula is C21H29N3O. The third kappa shape index (κ3) is 2.94. The summed E-state index contributed by atoms with van der Waals surface area (Å²) in [6.45, 7) is 2.13. The summed E-state index contributed by atoms with van der Waals surface area (Å²) in [4.78, 5) is 19.8. The number of nitrogens with one attached hydrogen (secondary N) is 1. The topological polar surface area (TPSA) is 45.2 Å². The molecule has 4 heteroatoms. The van der Waals surface area contributed by atoms with Crippen LogP contribution in [-0.4, -0.2) is 29.5 Å². The fourth-order valence-corrected chi connectivity index (χ4v) is 6.43. The second kappa shape index (κ2) is 6.00. The number of rotatable bonds is 3. The highest BCUT2D eigenvalue weighted by molar-refractivity contribution is 5.95. The molecule has 4 bridgehead atoms. The van der Waals surface area contributed by atoms with E-state index in [-0.39, 0.29) is 11.4 Å². The van der Waals surface area contributed by atoms with Crippen LogP contribution in [0.15, 0.2) is 18.3 Å². The predicted octanol–water partition coefficient (Wildman–Crippen LogP) is 3.77. The maximum atomic E-state index is 13.0. The Morgan fingerprint density at radius 2 is 1.68 bits per heavy atom. The Morgan fingerprint density at radius 1 is 1.04 bits per heavy atom. The van der Waals surface area contributed by atoms with Gasteiger partial charge in [0, 0.05) is 30.4 Å². The second-order valence-electron chi connectivity index (χ2n) is 9.10. The molecule has 4 nitrogen and oxygen atoms in total. The summed E-state index contributed by atoms with van der Waals surface area (Å²) in [5.41, 5.74) is 0.867. The molecule has 0 unspecified atom stereocenters. The van der Waals surface area contributed by atoms with E-state index in [0.717, 1.165) is 42.2 Å². The van der Waals surface area contributed by atoms with Crippen molar-refractivity contribution < 1.29 is 4.79 Å². The van der Waals surface area contributed by atoms with Gasteiger partial charge in [-0.3, -0.25) is 4.79 Å². The number of carbonyl (C=O) groups excluding carboxylic acids is 1. The Morgan fingerprint density at radius 3 is 2.32 bits per heavy atom. The van der Waals surface area contributed by atoms with Crippen LogP contribution in [0.2, 0.25) is 0 Å². The van der Waals surface area contributed by atoms with E-state index < -0.39 is 0 Å². The molecule has 0 radical (unpaired) electrons. The van der Waals surface area contributed by atoms with Crippen molar-refractivity contribution in [3.8, 4) is 0 Å². The molecule has 1 saturated heterocycles. The summed E-state index contributed by atoms with van der Waals surface area (Å²) in [7, 11) is 0. The van der Waals surface area contributed by atoms with Gasteiger partial charge in [0.1, 0.15) is 5.82 Å². The van der Waals surface area contributed by atoms with Crippen molar-refractivity contribution in [2.75, 3.05) is 18.0 Å². The Labute approximate surface area is 150 Å². The first-order valence-electron chi connectivity index (χ1n) is 10.2. The monoisotopic (exact) mass is 339 g/mol. The first-order valence-corrected chi connectivity index (χ1v) is 10.2. The maximum Gasteiger partial charge on any atom is 0.251 e. The Balaban J connectivity index is 1.33. The van der Waals surface area contributed by atoms with Gasteiger partial charge in [-0.15, -0.1) is 0 Å². The SMILES string of the molecule is O=C(NC12CC3CC(CC(C3)C1)C2)c1ccnc(N2CCCCC2)c1. The summed E-state index contributed by atoms with van der Waals surface area (Å²) < 4.78 is 0. The number of hydrogen-bond acceptors (Lipinski definition) is 3. The van der Waals surface area contributed by atoms with Gasteiger partial charge in [-0.25, -0.2) is 4.98 Å². The molecule has 1 aliphatic heterocycles. The summed E-state index contributed by atoms with van der Waals surface area (Å²) in [5.74, 6) is 3.65. The zero-order valence-corrected chi connectivity index (χ0v) is 15.0. The number of anilines is 1. The van der Waals surface area contributed by atoms with E-state index in [0.29, 0.717) is 0 Å². The molecular weight excluding hydrogens is 310 g/mol. The number of pyridine rings is 1. The first kappa shape index (κ1) is 15.7. The summed E-state index contributed by atoms with van der Waals surface area (Å²) in [6, 6.07) is 3.88. The van der Waals surface area contributed by atoms with Crippen LogP contribution in [-0.2, 0) is 0 Å². The quantitative estimate of drug-likeness (QED) is 0.912. The van der Waals surface area contributed by atoms with Crippen molar-refractivity contribution in [3.05, 3.63) is 23.9 Å². The molecule has 4 aliphatic carbocycles. The van der Waals surface area contributed by atoms with E-state index in [1.807, 2.05) is 12.1 Å². The van der Waals surface area contributed by atoms with Crippen LogP contribution in [0.3, 0.4) is 0 Å². The highest BCUT2D eigenvalue weighted by Gasteiger charge is 2.51. The van der Waals surface area contributed by atoms with Gasteiger partial charge in [0.25, 0.3) is 5.91 Å². The number of nitrogens with zero attached hydrogens (tertiary/aromatic N) is 2. The van der Waals surface area contributed by atoms with E-state index in [2.05, 4.69) is 15.2 Å². The normalized spacial score (nSPS) is 36.5. The maximum absolute atomic E-state index is 13.0. The number of carbonyl (C=O) groups is 1. The standard InChI is InChI=1S/C21H29N3O/c25-20(18-4-5-22-19(11-18)24-6-2-1-3-7-24)23-21-12-15-8-16(13-21)10-17(9-15)14-21/h4-5,11,15-17H,1-3,6-10,12-14H2,(H,23,25). The van der Waals surface area contributed by atoms with Gasteiger partial charge in [-0.1, -0.05) is 0 Å². The number of hydrogen-bond donors (Lipinski definition) is 1. The van der Waals surface area contributed by atoms with Gasteiger partial charge in [-0.2, -0.15) is 0 Å². The Hall–Kier alpha value is -1.58. The Kier molecular flexibility index (Phi) is 3.76. The number of amides is 1. The minimum absolute atomic E-state index is 0.0837. The van der Waals surface area contributed by atoms with Crippen molar-refractivity contribution >= 4 is 11.7 Å². The zero-order valence-electron chi connectivity index (χ0n) is 15.0. The van der Waals surface area contributed by atoms with E-state index >= 15 is 0 Å². The predicted molar refractivity (Wildman–Crippen MR) is 98.7 cm³/mol. The van der Waals surface area contributed by atoms with Gasteiger partial charge in [0.15, 0.2) is 0 Å². The van der Waals surface area contributed by atoms with Crippen LogP contribution < -0.4 is 10.2 Å². The summed E-state index contributed by atoms with van der Waals surface area (Å²) >= 11 is 0. The van der Waals surface area contributed by atoms with E-state index in [9.17, 15) is 4.79 Å². The van der Waals surface area contributed by atoms with Crippen molar-refractivity contribution in [2.24, 2.45) is 17.8 Å². The van der Waals surface area contributed by atoms with Crippen molar-refractivity contribution in [1.29, 1.82) is 0 Å². The van der Waals surface area contributed by atoms with Crippen molar-refractivity contribution in [2.45, 2.75) is 63.3 Å². The lowest BCUT2D eigenvalue weighted by molar-refractivity contribution is -0.0167. The van der Waals surface area contributed by atoms with Crippen molar-refractivity contribution in [1.82, 2.24) is 10.3 Å². The minimum atomic E-state index is 0.0837. The molecule has 1 aromatic rings. The summed E-state index contributed by atoms with van der Waals surface area (Å²) in [6.07, 6.45) is 13.4. The molecule has 1 N–H and O–H groups in total. The van der Waals surface area contributed by atoms with E-state index in [4.69, 9.17) is 0 Å². The highest BCUT2D eigenvalue weighted by atomic mass is 16.1. The molecule has 6 rings (SSSR count). The van der Waals surface area contributed by atoms with Gasteiger partial charge in [0.05, 0.1) is 0 Å². The zero-order chi connectivity index (χ0) is 16.9. The van der Waals surface area contributed by atoms with Crippen LogP contribution >= 0.6 is 0 Å². The van der Waals surface area contributed by atoms with E-state index in [1.165, 1.54) is 57.8 Å². The van der Waals surface area contributed by atoms with Crippen molar-refractivity contribution in [3.63, 3.8) is 0 Å². The first-order chi connectivity index (χ1) is 12.2. The van der Waals surface area contributed by atoms with Crippen LogP contribution in [0, 0.1) is 17.8 Å². The fraction of sp³-hybridized carbons (Fsp3) is 0.714. The number of piperidine rings is 1. The molecule has 0 atom stereocenters. The molecule has 1 amide bonds. The van der Waals surface area contributed by atoms with E-state index in [1.54, 1.807) is 6.20 Å². The van der Waals surface area contributed by atoms with Crippen LogP contribution in [0.5, 0.6) is 0 Å². The van der Waals surface area contributed by atoms with Gasteiger partial charge in [0.2, 0.25) is 0 Å². The molecule has 0 aromatic carbocycles. The average Bonchev–Trinajstić information content (AvgIpc) is 2.61. The number of aromatic nitrogens is 1. The molecule has 4 saturated carbocycles. The lowest BCUT2D eigenvalue weighted by Gasteiger charge is -2.56. The van der Waals surface area contributed by atoms with Crippen LogP contribution in [0.25, 0.3) is 0 Å². The molecule has 25 heavy (non-hydrogen) atoms. The van der Waals surface area contributed by atoms with Crippen LogP contribution in [0.4, 0.5) is 5.82 Å².